The van der Waals surface area contributed by atoms with Crippen LogP contribution in [0.3, 0.4) is 0 Å². The van der Waals surface area contributed by atoms with Gasteiger partial charge >= 0.3 is 5.97 Å². The van der Waals surface area contributed by atoms with E-state index in [2.05, 4.69) is 5.32 Å². The van der Waals surface area contributed by atoms with Gasteiger partial charge in [0.05, 0.1) is 6.61 Å². The van der Waals surface area contributed by atoms with E-state index in [1.807, 2.05) is 6.07 Å². The molecular formula is C22H31N3O10S. The third-order valence-corrected chi connectivity index (χ3v) is 7.41. The minimum Gasteiger partial charge on any atom is -0.480 e. The monoisotopic (exact) mass is 529 g/mol. The lowest BCUT2D eigenvalue weighted by atomic mass is 9.95. The predicted molar refractivity (Wildman–Crippen MR) is 126 cm³/mol. The van der Waals surface area contributed by atoms with Crippen LogP contribution < -0.4 is 11.1 Å². The Hall–Kier alpha value is -2.59. The van der Waals surface area contributed by atoms with Crippen molar-refractivity contribution in [3.63, 3.8) is 0 Å². The Morgan fingerprint density at radius 2 is 1.75 bits per heavy atom. The number of benzene rings is 1. The maximum Gasteiger partial charge on any atom is 0.327 e. The Morgan fingerprint density at radius 3 is 2.25 bits per heavy atom. The van der Waals surface area contributed by atoms with Crippen LogP contribution in [0.1, 0.15) is 25.5 Å². The fourth-order valence-corrected chi connectivity index (χ4v) is 5.44. The normalized spacial score (nSPS) is 26.2. The number of nitrogens with one attached hydrogen (secondary N) is 1. The fourth-order valence-electron chi connectivity index (χ4n) is 3.82. The molecule has 2 amide bonds. The number of carboxylic acids is 1. The summed E-state index contributed by atoms with van der Waals surface area (Å²) in [6.07, 6.45) is -6.84. The highest BCUT2D eigenvalue weighted by Crippen LogP contribution is 2.50. The highest BCUT2D eigenvalue weighted by molar-refractivity contribution is 8.01. The molecule has 0 unspecified atom stereocenters. The second-order valence-electron chi connectivity index (χ2n) is 8.83. The number of β-lactam (4-membered cyclic amide) rings is 1. The highest BCUT2D eigenvalue weighted by Gasteiger charge is 2.64. The molecule has 2 aliphatic heterocycles. The van der Waals surface area contributed by atoms with Gasteiger partial charge in [-0.25, -0.2) is 4.79 Å². The zero-order valence-corrected chi connectivity index (χ0v) is 20.4. The summed E-state index contributed by atoms with van der Waals surface area (Å²) in [7, 11) is 0. The van der Waals surface area contributed by atoms with Crippen molar-refractivity contribution in [3.8, 4) is 0 Å². The number of carboxylic acid groups (broad SMARTS) is 1. The number of nitrogens with two attached hydrogens (primary N) is 1. The average molecular weight is 530 g/mol. The molecule has 0 aliphatic carbocycles. The van der Waals surface area contributed by atoms with E-state index in [1.54, 1.807) is 38.1 Å². The molecule has 0 aromatic heterocycles. The predicted octanol–water partition coefficient (Wildman–Crippen LogP) is -3.06. The first kappa shape index (κ1) is 29.6. The van der Waals surface area contributed by atoms with Crippen molar-refractivity contribution >= 4 is 35.8 Å². The Balaban J connectivity index is 0.000000324. The third kappa shape index (κ3) is 6.21. The van der Waals surface area contributed by atoms with Crippen molar-refractivity contribution in [3.05, 3.63) is 35.9 Å². The van der Waals surface area contributed by atoms with E-state index in [0.717, 1.165) is 0 Å². The number of carbonyl (C=O) groups excluding carboxylic acids is 3. The van der Waals surface area contributed by atoms with Crippen LogP contribution in [-0.4, -0.2) is 113 Å². The smallest absolute Gasteiger partial charge is 0.327 e. The molecule has 0 saturated carbocycles. The van der Waals surface area contributed by atoms with Crippen LogP contribution in [0.4, 0.5) is 0 Å². The Labute approximate surface area is 210 Å². The summed E-state index contributed by atoms with van der Waals surface area (Å²) in [5.41, 5.74) is 6.59. The summed E-state index contributed by atoms with van der Waals surface area (Å²) >= 11 is 1.38. The van der Waals surface area contributed by atoms with Crippen LogP contribution >= 0.6 is 11.8 Å². The van der Waals surface area contributed by atoms with Gasteiger partial charge in [0.1, 0.15) is 47.9 Å². The molecule has 0 bridgehead atoms. The molecule has 1 aromatic rings. The second-order valence-corrected chi connectivity index (χ2v) is 10.6. The molecule has 3 rings (SSSR count). The zero-order chi connectivity index (χ0) is 27.4. The quantitative estimate of drug-likeness (QED) is 0.118. The van der Waals surface area contributed by atoms with Gasteiger partial charge in [0.25, 0.3) is 0 Å². The summed E-state index contributed by atoms with van der Waals surface area (Å²) in [5.74, 6) is -1.86. The maximum atomic E-state index is 12.3. The molecule has 0 radical (unpaired) electrons. The highest BCUT2D eigenvalue weighted by atomic mass is 32.2. The van der Waals surface area contributed by atoms with Crippen molar-refractivity contribution in [1.82, 2.24) is 10.2 Å². The maximum absolute atomic E-state index is 12.3. The van der Waals surface area contributed by atoms with E-state index < -0.39 is 65.8 Å². The molecule has 2 heterocycles. The van der Waals surface area contributed by atoms with Crippen LogP contribution in [0.25, 0.3) is 0 Å². The minimum absolute atomic E-state index is 0.0258. The van der Waals surface area contributed by atoms with Crippen LogP contribution in [0.2, 0.25) is 0 Å². The van der Waals surface area contributed by atoms with Gasteiger partial charge in [0.15, 0.2) is 6.29 Å². The summed E-state index contributed by atoms with van der Waals surface area (Å²) in [6.45, 7) is 2.82. The number of carbonyl (C=O) groups is 4. The van der Waals surface area contributed by atoms with E-state index in [0.29, 0.717) is 5.56 Å². The van der Waals surface area contributed by atoms with Crippen LogP contribution in [-0.2, 0) is 19.2 Å². The molecule has 0 spiro atoms. The molecule has 200 valence electrons. The SMILES string of the molecule is CC1(C)S[C@@H]2[C@H](NC(=O)[C@H](N)c3ccccc3)C(=O)N2[C@H]1C(=O)O.O=C[C@H](O)[C@@H](O)[C@H](O)[C@H](O)CO. The molecule has 2 aliphatic rings. The van der Waals surface area contributed by atoms with E-state index in [9.17, 15) is 24.3 Å². The number of amides is 2. The lowest BCUT2D eigenvalue weighted by Gasteiger charge is -2.43. The first-order valence-electron chi connectivity index (χ1n) is 10.9. The number of fused-ring (bicyclic) bond motifs is 1. The lowest BCUT2D eigenvalue weighted by molar-refractivity contribution is -0.161. The summed E-state index contributed by atoms with van der Waals surface area (Å²) < 4.78 is -0.618. The number of hydrogen-bond donors (Lipinski definition) is 8. The zero-order valence-electron chi connectivity index (χ0n) is 19.5. The molecule has 2 fully saturated rings. The topological polar surface area (TPSA) is 231 Å². The number of aldehydes is 1. The Kier molecular flexibility index (Phi) is 9.96. The summed E-state index contributed by atoms with van der Waals surface area (Å²) in [4.78, 5) is 47.4. The van der Waals surface area contributed by atoms with Crippen LogP contribution in [0, 0.1) is 0 Å². The van der Waals surface area contributed by atoms with Crippen molar-refractivity contribution in [2.24, 2.45) is 5.73 Å². The van der Waals surface area contributed by atoms with Crippen molar-refractivity contribution in [2.75, 3.05) is 6.61 Å². The van der Waals surface area contributed by atoms with Crippen LogP contribution in [0.15, 0.2) is 30.3 Å². The summed E-state index contributed by atoms with van der Waals surface area (Å²) in [6, 6.07) is 6.38. The Bertz CT molecular complexity index is 949. The molecule has 36 heavy (non-hydrogen) atoms. The van der Waals surface area contributed by atoms with Crippen molar-refractivity contribution in [1.29, 1.82) is 0 Å². The van der Waals surface area contributed by atoms with Gasteiger partial charge in [-0.15, -0.1) is 11.8 Å². The number of hydrogen-bond acceptors (Lipinski definition) is 11. The third-order valence-electron chi connectivity index (χ3n) is 5.83. The molecule has 14 heteroatoms. The number of rotatable bonds is 9. The minimum atomic E-state index is -1.79. The van der Waals surface area contributed by atoms with E-state index in [-0.39, 0.29) is 17.6 Å². The lowest BCUT2D eigenvalue weighted by Crippen LogP contribution is -2.71. The van der Waals surface area contributed by atoms with Crippen molar-refractivity contribution < 1.29 is 49.8 Å². The average Bonchev–Trinajstić information content (AvgIpc) is 3.13. The first-order valence-corrected chi connectivity index (χ1v) is 11.8. The number of thioether (sulfide) groups is 1. The molecular weight excluding hydrogens is 498 g/mol. The van der Waals surface area contributed by atoms with Gasteiger partial charge in [-0.1, -0.05) is 30.3 Å². The standard InChI is InChI=1S/C16H19N3O4S.C6H12O6/c1-16(2)11(15(22)23)19-13(21)10(14(19)24-16)18-12(20)9(17)8-6-4-3-5-7-8;7-1-3(9)5(11)6(12)4(10)2-8/h3-7,9-11,14H,17H2,1-2H3,(H,18,20)(H,22,23);1,3-6,8-12H,2H2/t9-,10-,11+,14-;3-,4+,5+,6+/m10/s1. The molecule has 1 aromatic carbocycles. The number of aliphatic hydroxyl groups is 5. The number of aliphatic carboxylic acids is 1. The Morgan fingerprint density at radius 1 is 1.17 bits per heavy atom. The van der Waals surface area contributed by atoms with E-state index in [1.165, 1.54) is 16.7 Å². The van der Waals surface area contributed by atoms with Gasteiger partial charge in [-0.05, 0) is 19.4 Å². The fraction of sp³-hybridized carbons (Fsp3) is 0.545. The van der Waals surface area contributed by atoms with Crippen molar-refractivity contribution in [2.45, 2.75) is 66.5 Å². The van der Waals surface area contributed by atoms with E-state index >= 15 is 0 Å². The van der Waals surface area contributed by atoms with E-state index in [4.69, 9.17) is 31.3 Å². The van der Waals surface area contributed by atoms with Gasteiger partial charge in [0.2, 0.25) is 11.8 Å². The molecule has 9 N–H and O–H groups in total. The molecule has 8 atom stereocenters. The van der Waals surface area contributed by atoms with Crippen LogP contribution in [0.5, 0.6) is 0 Å². The molecule has 13 nitrogen and oxygen atoms in total. The van der Waals surface area contributed by atoms with Gasteiger partial charge in [-0.3, -0.25) is 9.59 Å². The van der Waals surface area contributed by atoms with Gasteiger partial charge in [0, 0.05) is 4.75 Å². The van der Waals surface area contributed by atoms with Gasteiger partial charge < -0.3 is 51.4 Å². The molecule has 2 saturated heterocycles. The number of nitrogens with zero attached hydrogens (tertiary/aromatic N) is 1. The first-order chi connectivity index (χ1) is 16.8. The second kappa shape index (κ2) is 12.1. The van der Waals surface area contributed by atoms with Gasteiger partial charge in [-0.2, -0.15) is 0 Å². The largest absolute Gasteiger partial charge is 0.480 e. The summed E-state index contributed by atoms with van der Waals surface area (Å²) in [5, 5.41) is 55.2. The number of aliphatic hydroxyl groups excluding tert-OH is 5.